The third-order valence-corrected chi connectivity index (χ3v) is 5.48. The zero-order valence-corrected chi connectivity index (χ0v) is 16.8. The maximum Gasteiger partial charge on any atom is 0.277 e. The number of aryl methyl sites for hydroxylation is 3. The van der Waals surface area contributed by atoms with E-state index in [1.54, 1.807) is 28.3 Å². The Morgan fingerprint density at radius 1 is 1.17 bits per heavy atom. The highest BCUT2D eigenvalue weighted by atomic mass is 32.1. The van der Waals surface area contributed by atoms with Crippen LogP contribution in [-0.2, 0) is 13.0 Å². The lowest BCUT2D eigenvalue weighted by Gasteiger charge is -2.09. The number of thiophene rings is 1. The average Bonchev–Trinajstić information content (AvgIpc) is 3.41. The van der Waals surface area contributed by atoms with Gasteiger partial charge in [-0.15, -0.1) is 5.10 Å². The fraction of sp³-hybridized carbons (Fsp3) is 0.136. The van der Waals surface area contributed by atoms with Crippen molar-refractivity contribution in [3.05, 3.63) is 82.3 Å². The van der Waals surface area contributed by atoms with Crippen LogP contribution < -0.4 is 11.1 Å². The van der Waals surface area contributed by atoms with E-state index in [9.17, 15) is 4.79 Å². The van der Waals surface area contributed by atoms with E-state index in [0.717, 1.165) is 17.5 Å². The van der Waals surface area contributed by atoms with Gasteiger partial charge < -0.3 is 11.1 Å². The van der Waals surface area contributed by atoms with Crippen molar-refractivity contribution in [2.75, 3.05) is 11.1 Å². The van der Waals surface area contributed by atoms with Crippen LogP contribution in [0, 0.1) is 6.92 Å². The van der Waals surface area contributed by atoms with Gasteiger partial charge in [0.25, 0.3) is 5.91 Å². The summed E-state index contributed by atoms with van der Waals surface area (Å²) in [5.74, 6) is -0.332. The van der Waals surface area contributed by atoms with Gasteiger partial charge in [-0.2, -0.15) is 11.3 Å². The molecule has 0 spiro atoms. The Bertz CT molecular complexity index is 1130. The van der Waals surface area contributed by atoms with Crippen molar-refractivity contribution in [3.8, 4) is 11.1 Å². The van der Waals surface area contributed by atoms with E-state index < -0.39 is 0 Å². The molecule has 0 aliphatic carbocycles. The molecule has 0 aliphatic heterocycles. The summed E-state index contributed by atoms with van der Waals surface area (Å²) < 4.78 is 1.69. The molecule has 29 heavy (non-hydrogen) atoms. The van der Waals surface area contributed by atoms with Crippen molar-refractivity contribution in [1.82, 2.24) is 15.0 Å². The first kappa shape index (κ1) is 18.9. The summed E-state index contributed by atoms with van der Waals surface area (Å²) in [5, 5.41) is 15.0. The summed E-state index contributed by atoms with van der Waals surface area (Å²) >= 11 is 1.62. The molecule has 2 heterocycles. The van der Waals surface area contributed by atoms with E-state index in [1.165, 1.54) is 11.1 Å². The van der Waals surface area contributed by atoms with Gasteiger partial charge in [-0.1, -0.05) is 35.5 Å². The van der Waals surface area contributed by atoms with E-state index in [-0.39, 0.29) is 11.6 Å². The zero-order valence-electron chi connectivity index (χ0n) is 16.0. The molecule has 0 saturated carbocycles. The molecule has 0 fully saturated rings. The monoisotopic (exact) mass is 403 g/mol. The molecule has 4 rings (SSSR count). The van der Waals surface area contributed by atoms with Crippen molar-refractivity contribution in [1.29, 1.82) is 0 Å². The van der Waals surface area contributed by atoms with Gasteiger partial charge >= 0.3 is 0 Å². The normalized spacial score (nSPS) is 10.8. The maximum absolute atomic E-state index is 12.6. The molecule has 0 unspecified atom stereocenters. The molecule has 146 valence electrons. The standard InChI is InChI=1S/C22H21N5OS/c1-15-4-2-3-5-16(15)8-10-27-13-21(25-26-27)22(28)24-20-12-17(6-7-19(20)23)18-9-11-29-14-18/h2-7,9,11-14H,8,10,23H2,1H3,(H,24,28). The summed E-state index contributed by atoms with van der Waals surface area (Å²) in [5.41, 5.74) is 12.0. The molecule has 4 aromatic rings. The molecular weight excluding hydrogens is 382 g/mol. The number of aromatic nitrogens is 3. The van der Waals surface area contributed by atoms with E-state index in [0.29, 0.717) is 17.9 Å². The number of anilines is 2. The smallest absolute Gasteiger partial charge is 0.277 e. The number of carbonyl (C=O) groups excluding carboxylic acids is 1. The average molecular weight is 404 g/mol. The molecular formula is C22H21N5OS. The lowest BCUT2D eigenvalue weighted by molar-refractivity contribution is 0.102. The molecule has 1 amide bonds. The van der Waals surface area contributed by atoms with Crippen LogP contribution in [0.1, 0.15) is 21.6 Å². The highest BCUT2D eigenvalue weighted by molar-refractivity contribution is 7.08. The Hall–Kier alpha value is -3.45. The summed E-state index contributed by atoms with van der Waals surface area (Å²) in [4.78, 5) is 12.6. The highest BCUT2D eigenvalue weighted by Crippen LogP contribution is 2.28. The van der Waals surface area contributed by atoms with Crippen LogP contribution in [0.3, 0.4) is 0 Å². The molecule has 0 aliphatic rings. The van der Waals surface area contributed by atoms with E-state index in [4.69, 9.17) is 5.73 Å². The van der Waals surface area contributed by atoms with Gasteiger partial charge in [-0.05, 0) is 64.6 Å². The van der Waals surface area contributed by atoms with Gasteiger partial charge in [-0.3, -0.25) is 9.48 Å². The molecule has 0 bridgehead atoms. The van der Waals surface area contributed by atoms with Crippen molar-refractivity contribution >= 4 is 28.6 Å². The lowest BCUT2D eigenvalue weighted by atomic mass is 10.1. The van der Waals surface area contributed by atoms with E-state index in [2.05, 4.69) is 40.1 Å². The lowest BCUT2D eigenvalue weighted by Crippen LogP contribution is -2.13. The Morgan fingerprint density at radius 2 is 2.03 bits per heavy atom. The van der Waals surface area contributed by atoms with Gasteiger partial charge in [0.05, 0.1) is 17.6 Å². The number of benzene rings is 2. The second kappa shape index (κ2) is 8.28. The second-order valence-electron chi connectivity index (χ2n) is 6.81. The molecule has 6 nitrogen and oxygen atoms in total. The fourth-order valence-electron chi connectivity index (χ4n) is 3.10. The van der Waals surface area contributed by atoms with Crippen LogP contribution in [0.2, 0.25) is 0 Å². The molecule has 7 heteroatoms. The first-order valence-electron chi connectivity index (χ1n) is 9.28. The Labute approximate surface area is 173 Å². The first-order chi connectivity index (χ1) is 14.1. The topological polar surface area (TPSA) is 85.8 Å². The van der Waals surface area contributed by atoms with Gasteiger partial charge in [0.1, 0.15) is 0 Å². The number of nitrogens with two attached hydrogens (primary N) is 1. The number of rotatable bonds is 6. The summed E-state index contributed by atoms with van der Waals surface area (Å²) in [6, 6.07) is 15.9. The van der Waals surface area contributed by atoms with E-state index in [1.807, 2.05) is 35.7 Å². The number of amides is 1. The minimum atomic E-state index is -0.332. The number of hydrogen-bond acceptors (Lipinski definition) is 5. The molecule has 2 aromatic heterocycles. The molecule has 3 N–H and O–H groups in total. The highest BCUT2D eigenvalue weighted by Gasteiger charge is 2.13. The van der Waals surface area contributed by atoms with Crippen LogP contribution in [0.5, 0.6) is 0 Å². The van der Waals surface area contributed by atoms with Gasteiger partial charge in [0.15, 0.2) is 5.69 Å². The largest absolute Gasteiger partial charge is 0.397 e. The van der Waals surface area contributed by atoms with Crippen LogP contribution in [0.15, 0.2) is 65.5 Å². The predicted molar refractivity (Wildman–Crippen MR) is 117 cm³/mol. The van der Waals surface area contributed by atoms with E-state index >= 15 is 0 Å². The van der Waals surface area contributed by atoms with Crippen LogP contribution in [0.4, 0.5) is 11.4 Å². The van der Waals surface area contributed by atoms with Gasteiger partial charge in [0, 0.05) is 6.54 Å². The number of nitrogens with zero attached hydrogens (tertiary/aromatic N) is 3. The third-order valence-electron chi connectivity index (χ3n) is 4.80. The van der Waals surface area contributed by atoms with Crippen molar-refractivity contribution in [3.63, 3.8) is 0 Å². The van der Waals surface area contributed by atoms with Crippen molar-refractivity contribution in [2.24, 2.45) is 0 Å². The minimum absolute atomic E-state index is 0.259. The van der Waals surface area contributed by atoms with Gasteiger partial charge in [-0.25, -0.2) is 0 Å². The number of hydrogen-bond donors (Lipinski definition) is 2. The number of nitrogen functional groups attached to an aromatic ring is 1. The number of carbonyl (C=O) groups is 1. The SMILES string of the molecule is Cc1ccccc1CCn1cc(C(=O)Nc2cc(-c3ccsc3)ccc2N)nn1. The molecule has 0 radical (unpaired) electrons. The number of nitrogens with one attached hydrogen (secondary N) is 1. The summed E-state index contributed by atoms with van der Waals surface area (Å²) in [7, 11) is 0. The van der Waals surface area contributed by atoms with Crippen molar-refractivity contribution < 1.29 is 4.79 Å². The maximum atomic E-state index is 12.6. The van der Waals surface area contributed by atoms with Gasteiger partial charge in [0.2, 0.25) is 0 Å². The van der Waals surface area contributed by atoms with Crippen LogP contribution in [0.25, 0.3) is 11.1 Å². The fourth-order valence-corrected chi connectivity index (χ4v) is 3.76. The summed E-state index contributed by atoms with van der Waals surface area (Å²) in [6.45, 7) is 2.74. The Morgan fingerprint density at radius 3 is 2.83 bits per heavy atom. The predicted octanol–water partition coefficient (Wildman–Crippen LogP) is 4.39. The minimum Gasteiger partial charge on any atom is -0.397 e. The quantitative estimate of drug-likeness (QED) is 0.468. The third kappa shape index (κ3) is 4.35. The first-order valence-corrected chi connectivity index (χ1v) is 10.2. The van der Waals surface area contributed by atoms with Crippen LogP contribution >= 0.6 is 11.3 Å². The van der Waals surface area contributed by atoms with Crippen molar-refractivity contribution in [2.45, 2.75) is 19.9 Å². The summed E-state index contributed by atoms with van der Waals surface area (Å²) in [6.07, 6.45) is 2.49. The molecule has 0 saturated heterocycles. The second-order valence-corrected chi connectivity index (χ2v) is 7.59. The van der Waals surface area contributed by atoms with Crippen LogP contribution in [-0.4, -0.2) is 20.9 Å². The zero-order chi connectivity index (χ0) is 20.2. The molecule has 0 atom stereocenters. The molecule has 2 aromatic carbocycles. The Kier molecular flexibility index (Phi) is 5.39. The Balaban J connectivity index is 1.44.